The molecule has 0 spiro atoms. The molecular formula is C11H20N2. The summed E-state index contributed by atoms with van der Waals surface area (Å²) in [5.74, 6) is 0.595. The third kappa shape index (κ3) is 1.55. The van der Waals surface area contributed by atoms with E-state index in [1.165, 1.54) is 11.3 Å². The minimum absolute atomic E-state index is 0.115. The van der Waals surface area contributed by atoms with Gasteiger partial charge in [-0.2, -0.15) is 0 Å². The van der Waals surface area contributed by atoms with Crippen molar-refractivity contribution in [2.24, 2.45) is 10.9 Å². The van der Waals surface area contributed by atoms with E-state index in [0.717, 1.165) is 6.54 Å². The van der Waals surface area contributed by atoms with Crippen LogP contribution in [0.4, 0.5) is 0 Å². The van der Waals surface area contributed by atoms with Crippen molar-refractivity contribution in [2.45, 2.75) is 33.2 Å². The summed E-state index contributed by atoms with van der Waals surface area (Å²) in [6, 6.07) is 0. The lowest BCUT2D eigenvalue weighted by Crippen LogP contribution is -2.42. The number of nitrogens with zero attached hydrogens (tertiary/aromatic N) is 1. The second kappa shape index (κ2) is 3.62. The molecular weight excluding hydrogens is 160 g/mol. The number of hydrogen-bond donors (Lipinski definition) is 1. The molecule has 0 amide bonds. The van der Waals surface area contributed by atoms with Crippen LogP contribution in [0.25, 0.3) is 0 Å². The first-order chi connectivity index (χ1) is 6.06. The zero-order valence-corrected chi connectivity index (χ0v) is 9.31. The van der Waals surface area contributed by atoms with Gasteiger partial charge in [0.05, 0.1) is 5.71 Å². The molecule has 1 heterocycles. The van der Waals surface area contributed by atoms with Gasteiger partial charge < -0.3 is 5.32 Å². The predicted octanol–water partition coefficient (Wildman–Crippen LogP) is 2.02. The monoisotopic (exact) mass is 180 g/mol. The standard InChI is InChI=1S/C11H20N2/c1-6-9-10(12-5)7-13-11(9,4)8(2)3/h6,8,13H,7H2,1-5H3. The van der Waals surface area contributed by atoms with Gasteiger partial charge in [-0.05, 0) is 25.3 Å². The molecule has 0 bridgehead atoms. The Morgan fingerprint density at radius 3 is 2.54 bits per heavy atom. The van der Waals surface area contributed by atoms with Gasteiger partial charge in [-0.25, -0.2) is 0 Å². The highest BCUT2D eigenvalue weighted by atomic mass is 15.0. The van der Waals surface area contributed by atoms with E-state index in [0.29, 0.717) is 5.92 Å². The Morgan fingerprint density at radius 2 is 2.15 bits per heavy atom. The van der Waals surface area contributed by atoms with Gasteiger partial charge in [0.1, 0.15) is 0 Å². The van der Waals surface area contributed by atoms with Crippen molar-refractivity contribution < 1.29 is 0 Å². The summed E-state index contributed by atoms with van der Waals surface area (Å²) < 4.78 is 0. The lowest BCUT2D eigenvalue weighted by atomic mass is 9.82. The molecule has 1 aliphatic rings. The van der Waals surface area contributed by atoms with Gasteiger partial charge in [-0.15, -0.1) is 0 Å². The average Bonchev–Trinajstić information content (AvgIpc) is 2.43. The topological polar surface area (TPSA) is 24.4 Å². The van der Waals surface area contributed by atoms with Crippen LogP contribution < -0.4 is 5.32 Å². The number of aliphatic imine (C=N–C) groups is 1. The van der Waals surface area contributed by atoms with E-state index in [4.69, 9.17) is 0 Å². The maximum absolute atomic E-state index is 4.30. The van der Waals surface area contributed by atoms with Crippen LogP contribution in [0.15, 0.2) is 16.6 Å². The average molecular weight is 180 g/mol. The molecule has 1 unspecified atom stereocenters. The summed E-state index contributed by atoms with van der Waals surface area (Å²) in [5.41, 5.74) is 2.69. The summed E-state index contributed by atoms with van der Waals surface area (Å²) >= 11 is 0. The van der Waals surface area contributed by atoms with Crippen LogP contribution >= 0.6 is 0 Å². The van der Waals surface area contributed by atoms with E-state index in [1.807, 2.05) is 7.05 Å². The normalized spacial score (nSPS) is 35.2. The molecule has 0 aromatic rings. The lowest BCUT2D eigenvalue weighted by Gasteiger charge is -2.30. The van der Waals surface area contributed by atoms with Crippen LogP contribution in [-0.4, -0.2) is 24.8 Å². The number of nitrogens with one attached hydrogen (secondary N) is 1. The van der Waals surface area contributed by atoms with Gasteiger partial charge in [0.25, 0.3) is 0 Å². The summed E-state index contributed by atoms with van der Waals surface area (Å²) in [7, 11) is 1.87. The van der Waals surface area contributed by atoms with Crippen molar-refractivity contribution in [2.75, 3.05) is 13.6 Å². The Bertz CT molecular complexity index is 251. The van der Waals surface area contributed by atoms with Crippen molar-refractivity contribution in [1.82, 2.24) is 5.32 Å². The maximum Gasteiger partial charge on any atom is 0.0530 e. The molecule has 2 heteroatoms. The highest BCUT2D eigenvalue weighted by molar-refractivity contribution is 6.05. The maximum atomic E-state index is 4.30. The Balaban J connectivity index is 3.06. The molecule has 0 saturated carbocycles. The van der Waals surface area contributed by atoms with Gasteiger partial charge in [-0.1, -0.05) is 19.9 Å². The first-order valence-corrected chi connectivity index (χ1v) is 4.94. The largest absolute Gasteiger partial charge is 0.302 e. The minimum atomic E-state index is 0.115. The number of rotatable bonds is 1. The van der Waals surface area contributed by atoms with Crippen molar-refractivity contribution in [1.29, 1.82) is 0 Å². The summed E-state index contributed by atoms with van der Waals surface area (Å²) in [5, 5.41) is 3.54. The van der Waals surface area contributed by atoms with E-state index in [9.17, 15) is 0 Å². The van der Waals surface area contributed by atoms with Crippen LogP contribution in [0.2, 0.25) is 0 Å². The van der Waals surface area contributed by atoms with Crippen LogP contribution in [0, 0.1) is 5.92 Å². The highest BCUT2D eigenvalue weighted by Gasteiger charge is 2.39. The lowest BCUT2D eigenvalue weighted by molar-refractivity contribution is 0.352. The molecule has 1 saturated heterocycles. The van der Waals surface area contributed by atoms with Crippen LogP contribution in [0.3, 0.4) is 0 Å². The van der Waals surface area contributed by atoms with E-state index in [2.05, 4.69) is 44.1 Å². The van der Waals surface area contributed by atoms with Crippen molar-refractivity contribution >= 4 is 5.71 Å². The quantitative estimate of drug-likeness (QED) is 0.656. The van der Waals surface area contributed by atoms with E-state index >= 15 is 0 Å². The van der Waals surface area contributed by atoms with Crippen molar-refractivity contribution in [3.8, 4) is 0 Å². The summed E-state index contributed by atoms with van der Waals surface area (Å²) in [6.07, 6.45) is 2.18. The van der Waals surface area contributed by atoms with Gasteiger partial charge in [-0.3, -0.25) is 4.99 Å². The van der Waals surface area contributed by atoms with E-state index < -0.39 is 0 Å². The van der Waals surface area contributed by atoms with Crippen LogP contribution in [-0.2, 0) is 0 Å². The molecule has 74 valence electrons. The third-order valence-electron chi connectivity index (χ3n) is 3.21. The fraction of sp³-hybridized carbons (Fsp3) is 0.727. The number of hydrogen-bond acceptors (Lipinski definition) is 2. The molecule has 0 aliphatic carbocycles. The zero-order chi connectivity index (χ0) is 10.1. The first-order valence-electron chi connectivity index (χ1n) is 4.94. The molecule has 0 radical (unpaired) electrons. The van der Waals surface area contributed by atoms with Gasteiger partial charge >= 0.3 is 0 Å². The molecule has 1 rings (SSSR count). The van der Waals surface area contributed by atoms with E-state index in [-0.39, 0.29) is 5.54 Å². The van der Waals surface area contributed by atoms with Crippen molar-refractivity contribution in [3.63, 3.8) is 0 Å². The van der Waals surface area contributed by atoms with Crippen molar-refractivity contribution in [3.05, 3.63) is 11.6 Å². The highest BCUT2D eigenvalue weighted by Crippen LogP contribution is 2.30. The third-order valence-corrected chi connectivity index (χ3v) is 3.21. The van der Waals surface area contributed by atoms with Gasteiger partial charge in [0, 0.05) is 19.1 Å². The second-order valence-corrected chi connectivity index (χ2v) is 4.08. The predicted molar refractivity (Wildman–Crippen MR) is 58.4 cm³/mol. The van der Waals surface area contributed by atoms with Crippen LogP contribution in [0.5, 0.6) is 0 Å². The Labute approximate surface area is 81.1 Å². The zero-order valence-electron chi connectivity index (χ0n) is 9.31. The fourth-order valence-electron chi connectivity index (χ4n) is 1.94. The fourth-order valence-corrected chi connectivity index (χ4v) is 1.94. The minimum Gasteiger partial charge on any atom is -0.302 e. The molecule has 1 N–H and O–H groups in total. The van der Waals surface area contributed by atoms with E-state index in [1.54, 1.807) is 0 Å². The molecule has 0 aromatic heterocycles. The Kier molecular flexibility index (Phi) is 2.91. The number of allylic oxidation sites excluding steroid dienone is 1. The molecule has 0 aromatic carbocycles. The molecule has 1 fully saturated rings. The Morgan fingerprint density at radius 1 is 1.54 bits per heavy atom. The Hall–Kier alpha value is -0.630. The van der Waals surface area contributed by atoms with Gasteiger partial charge in [0.2, 0.25) is 0 Å². The first kappa shape index (κ1) is 10.5. The summed E-state index contributed by atoms with van der Waals surface area (Å²) in [4.78, 5) is 4.30. The van der Waals surface area contributed by atoms with Gasteiger partial charge in [0.15, 0.2) is 0 Å². The molecule has 1 atom stereocenters. The summed E-state index contributed by atoms with van der Waals surface area (Å²) in [6.45, 7) is 9.74. The molecule has 13 heavy (non-hydrogen) atoms. The molecule has 1 aliphatic heterocycles. The molecule has 2 nitrogen and oxygen atoms in total. The SMILES string of the molecule is CC=C1C(=NC)CNC1(C)C(C)C. The van der Waals surface area contributed by atoms with Crippen LogP contribution in [0.1, 0.15) is 27.7 Å². The second-order valence-electron chi connectivity index (χ2n) is 4.08. The smallest absolute Gasteiger partial charge is 0.0530 e.